The summed E-state index contributed by atoms with van der Waals surface area (Å²) in [7, 11) is 1.53. The minimum atomic E-state index is -1.16. The van der Waals surface area contributed by atoms with Crippen LogP contribution in [-0.2, 0) is 38.7 Å². The summed E-state index contributed by atoms with van der Waals surface area (Å²) in [6, 6.07) is 16.0. The second-order valence-electron chi connectivity index (χ2n) is 13.2. The van der Waals surface area contributed by atoms with Gasteiger partial charge in [0.1, 0.15) is 17.1 Å². The number of benzene rings is 2. The molecule has 0 saturated heterocycles. The Balaban J connectivity index is 1.45. The molecule has 54 heavy (non-hydrogen) atoms. The molecule has 15 heteroatoms. The molecule has 8 N–H and O–H groups in total. The summed E-state index contributed by atoms with van der Waals surface area (Å²) in [4.78, 5) is 68.3. The highest BCUT2D eigenvalue weighted by Gasteiger charge is 2.34. The molecule has 4 amide bonds. The van der Waals surface area contributed by atoms with E-state index in [0.717, 1.165) is 44.4 Å². The number of hydrogen-bond acceptors (Lipinski definition) is 9. The maximum absolute atomic E-state index is 14.4. The normalized spacial score (nSPS) is 18.7. The molecule has 280 valence electrons. The molecule has 13 nitrogen and oxygen atoms in total. The number of primary amides is 1. The number of nitrogens with one attached hydrogen (secondary N) is 4. The first-order valence-electron chi connectivity index (χ1n) is 17.5. The van der Waals surface area contributed by atoms with Gasteiger partial charge in [0, 0.05) is 79.6 Å². The summed E-state index contributed by atoms with van der Waals surface area (Å²) in [5, 5.41) is 11.1. The second kappa shape index (κ2) is 17.2. The van der Waals surface area contributed by atoms with Crippen LogP contribution in [0.5, 0.6) is 0 Å². The standard InChI is InChI=1S/C39H42ClN9O4S/c1-22-14-23(11-13-43-22)25-15-27-21-47-37(52)33(17-26-20-45-30-8-4-3-7-28(26)30)49(2)39(53)32(18-41)48-36(51)31(9-10-34(42)50)46-19-24-6-5-12-44-38(24)54-35(27)29(40)16-25/h3-8,11-16,20,31-33,45-46H,9-10,17-19,21,41H2,1-2H3,(H2,42,50)(H,47,52)(H,48,51)/t31-,32-,33-/m0/s1. The van der Waals surface area contributed by atoms with Crippen molar-refractivity contribution in [3.8, 4) is 11.1 Å². The molecular weight excluding hydrogens is 726 g/mol. The summed E-state index contributed by atoms with van der Waals surface area (Å²) >= 11 is 8.41. The zero-order valence-electron chi connectivity index (χ0n) is 29.9. The van der Waals surface area contributed by atoms with E-state index < -0.39 is 41.8 Å². The van der Waals surface area contributed by atoms with Gasteiger partial charge in [-0.1, -0.05) is 47.6 Å². The maximum Gasteiger partial charge on any atom is 0.246 e. The third kappa shape index (κ3) is 8.91. The van der Waals surface area contributed by atoms with Crippen LogP contribution in [-0.4, -0.2) is 75.2 Å². The van der Waals surface area contributed by atoms with Crippen molar-refractivity contribution in [1.82, 2.24) is 35.8 Å². The molecule has 5 aromatic rings. The van der Waals surface area contributed by atoms with Crippen LogP contribution in [0.15, 0.2) is 89.2 Å². The molecule has 2 aromatic carbocycles. The molecule has 6 rings (SSSR count). The van der Waals surface area contributed by atoms with Gasteiger partial charge in [0.2, 0.25) is 23.6 Å². The summed E-state index contributed by atoms with van der Waals surface area (Å²) in [5.41, 5.74) is 17.3. The Morgan fingerprint density at radius 2 is 1.78 bits per heavy atom. The van der Waals surface area contributed by atoms with Gasteiger partial charge in [-0.25, -0.2) is 4.98 Å². The molecule has 0 fully saturated rings. The van der Waals surface area contributed by atoms with E-state index in [1.54, 1.807) is 18.5 Å². The van der Waals surface area contributed by atoms with Crippen molar-refractivity contribution >= 4 is 57.9 Å². The predicted octanol–water partition coefficient (Wildman–Crippen LogP) is 3.60. The lowest BCUT2D eigenvalue weighted by molar-refractivity contribution is -0.141. The van der Waals surface area contributed by atoms with Crippen LogP contribution in [0.2, 0.25) is 5.02 Å². The van der Waals surface area contributed by atoms with E-state index >= 15 is 0 Å². The Morgan fingerprint density at radius 1 is 0.963 bits per heavy atom. The number of nitrogens with zero attached hydrogens (tertiary/aromatic N) is 3. The Bertz CT molecular complexity index is 2190. The van der Waals surface area contributed by atoms with Crippen LogP contribution in [0.25, 0.3) is 22.0 Å². The lowest BCUT2D eigenvalue weighted by atomic mass is 10.0. The van der Waals surface area contributed by atoms with E-state index in [9.17, 15) is 19.2 Å². The van der Waals surface area contributed by atoms with Gasteiger partial charge < -0.3 is 37.3 Å². The third-order valence-corrected chi connectivity index (χ3v) is 11.1. The van der Waals surface area contributed by atoms with Gasteiger partial charge in [-0.05, 0) is 77.6 Å². The molecule has 0 bridgehead atoms. The lowest BCUT2D eigenvalue weighted by Crippen LogP contribution is -2.59. The average Bonchev–Trinajstić information content (AvgIpc) is 3.58. The van der Waals surface area contributed by atoms with Crippen molar-refractivity contribution in [2.45, 2.75) is 67.3 Å². The van der Waals surface area contributed by atoms with Crippen LogP contribution >= 0.6 is 23.4 Å². The first-order valence-corrected chi connectivity index (χ1v) is 18.7. The van der Waals surface area contributed by atoms with Crippen LogP contribution < -0.4 is 27.4 Å². The first-order chi connectivity index (χ1) is 26.0. The molecule has 4 heterocycles. The molecule has 1 aliphatic heterocycles. The zero-order valence-corrected chi connectivity index (χ0v) is 31.5. The van der Waals surface area contributed by atoms with Gasteiger partial charge in [-0.3, -0.25) is 24.2 Å². The molecule has 0 spiro atoms. The first kappa shape index (κ1) is 38.4. The maximum atomic E-state index is 14.4. The van der Waals surface area contributed by atoms with E-state index in [4.69, 9.17) is 23.1 Å². The minimum Gasteiger partial charge on any atom is -0.370 e. The Kier molecular flexibility index (Phi) is 12.3. The van der Waals surface area contributed by atoms with Gasteiger partial charge in [-0.2, -0.15) is 0 Å². The highest BCUT2D eigenvalue weighted by molar-refractivity contribution is 7.99. The monoisotopic (exact) mass is 767 g/mol. The van der Waals surface area contributed by atoms with E-state index in [1.807, 2.05) is 67.7 Å². The second-order valence-corrected chi connectivity index (χ2v) is 14.6. The molecule has 0 unspecified atom stereocenters. The number of carbonyl (C=O) groups excluding carboxylic acids is 4. The molecule has 0 radical (unpaired) electrons. The predicted molar refractivity (Wildman–Crippen MR) is 208 cm³/mol. The molecule has 1 aliphatic rings. The highest BCUT2D eigenvalue weighted by Crippen LogP contribution is 2.40. The number of aryl methyl sites for hydroxylation is 1. The quantitative estimate of drug-likeness (QED) is 0.143. The van der Waals surface area contributed by atoms with Crippen molar-refractivity contribution in [2.24, 2.45) is 11.5 Å². The Labute approximate surface area is 322 Å². The van der Waals surface area contributed by atoms with Crippen molar-refractivity contribution in [2.75, 3.05) is 13.6 Å². The molecule has 0 aliphatic carbocycles. The highest BCUT2D eigenvalue weighted by atomic mass is 35.5. The number of likely N-dealkylation sites (N-methyl/N-ethyl adjacent to an activating group) is 1. The number of H-pyrrole nitrogens is 1. The van der Waals surface area contributed by atoms with Crippen LogP contribution in [0.3, 0.4) is 0 Å². The zero-order chi connectivity index (χ0) is 38.4. The van der Waals surface area contributed by atoms with Gasteiger partial charge >= 0.3 is 0 Å². The number of aromatic amines is 1. The van der Waals surface area contributed by atoms with Crippen molar-refractivity contribution < 1.29 is 19.2 Å². The van der Waals surface area contributed by atoms with Gasteiger partial charge in [0.25, 0.3) is 0 Å². The van der Waals surface area contributed by atoms with Gasteiger partial charge in [0.05, 0.1) is 11.1 Å². The smallest absolute Gasteiger partial charge is 0.246 e. The summed E-state index contributed by atoms with van der Waals surface area (Å²) in [6.07, 6.45) is 5.39. The third-order valence-electron chi connectivity index (χ3n) is 9.44. The average molecular weight is 768 g/mol. The fraction of sp³-hybridized carbons (Fsp3) is 0.282. The summed E-state index contributed by atoms with van der Waals surface area (Å²) < 4.78 is 0. The molecule has 0 saturated carbocycles. The van der Waals surface area contributed by atoms with Crippen LogP contribution in [0.1, 0.15) is 35.2 Å². The number of nitrogens with two attached hydrogens (primary N) is 2. The molecule has 3 atom stereocenters. The number of amides is 4. The number of rotatable bonds is 7. The number of aromatic nitrogens is 3. The van der Waals surface area contributed by atoms with Crippen LogP contribution in [0, 0.1) is 6.92 Å². The van der Waals surface area contributed by atoms with Crippen molar-refractivity contribution in [1.29, 1.82) is 0 Å². The summed E-state index contributed by atoms with van der Waals surface area (Å²) in [6.45, 7) is 1.95. The number of hydrogen-bond donors (Lipinski definition) is 6. The molecular formula is C39H42ClN9O4S. The van der Waals surface area contributed by atoms with Crippen molar-refractivity contribution in [3.63, 3.8) is 0 Å². The Hall–Kier alpha value is -5.28. The van der Waals surface area contributed by atoms with E-state index in [0.29, 0.717) is 14.9 Å². The van der Waals surface area contributed by atoms with E-state index in [2.05, 4.69) is 30.9 Å². The number of para-hydroxylation sites is 1. The van der Waals surface area contributed by atoms with Crippen LogP contribution in [0.4, 0.5) is 0 Å². The SMILES string of the molecule is Cc1cc(-c2cc(Cl)c3c(c2)CNC(=O)[C@H](Cc2c[nH]c4ccccc24)N(C)C(=O)[C@H](CN)NC(=O)[C@H](CCC(N)=O)NCc2cccnc2S3)ccn1. The minimum absolute atomic E-state index is 0.0722. The fourth-order valence-electron chi connectivity index (χ4n) is 6.49. The van der Waals surface area contributed by atoms with Gasteiger partial charge in [0.15, 0.2) is 0 Å². The van der Waals surface area contributed by atoms with Crippen molar-refractivity contribution in [3.05, 3.63) is 107 Å². The number of fused-ring (bicyclic) bond motifs is 3. The largest absolute Gasteiger partial charge is 0.370 e. The summed E-state index contributed by atoms with van der Waals surface area (Å²) in [5.74, 6) is -2.08. The van der Waals surface area contributed by atoms with E-state index in [-0.39, 0.29) is 38.9 Å². The van der Waals surface area contributed by atoms with E-state index in [1.165, 1.54) is 23.7 Å². The molecule has 3 aromatic heterocycles. The number of halogens is 1. The fourth-order valence-corrected chi connectivity index (χ4v) is 7.84. The topological polar surface area (TPSA) is 201 Å². The number of pyridine rings is 2. The van der Waals surface area contributed by atoms with Gasteiger partial charge in [-0.15, -0.1) is 0 Å². The lowest BCUT2D eigenvalue weighted by Gasteiger charge is -2.31. The number of carbonyl (C=O) groups is 4. The Morgan fingerprint density at radius 3 is 2.56 bits per heavy atom.